The van der Waals surface area contributed by atoms with E-state index < -0.39 is 24.6 Å². The molecule has 206 valence electrons. The van der Waals surface area contributed by atoms with Gasteiger partial charge in [-0.25, -0.2) is 24.0 Å². The quantitative estimate of drug-likeness (QED) is 0.288. The summed E-state index contributed by atoms with van der Waals surface area (Å²) in [5.74, 6) is 1.51. The van der Waals surface area contributed by atoms with Gasteiger partial charge in [0.1, 0.15) is 48.2 Å². The molecule has 0 amide bonds. The summed E-state index contributed by atoms with van der Waals surface area (Å²) in [5, 5.41) is 26.2. The van der Waals surface area contributed by atoms with Gasteiger partial charge in [0.05, 0.1) is 28.4 Å². The number of nitrogens with two attached hydrogens (primary N) is 1. The highest BCUT2D eigenvalue weighted by atomic mass is 19.1. The molecule has 0 aliphatic carbocycles. The van der Waals surface area contributed by atoms with Gasteiger partial charge in [0, 0.05) is 36.9 Å². The lowest BCUT2D eigenvalue weighted by molar-refractivity contribution is -0.0410. The SMILES string of the molecule is Cc1ccn(-c2cn([C@@H]3O[C@H](COc4ccc5ccc(N6CC(O)C6)nc5c4)[C@@H](O)[C@@H]3F)c3ncnc(N)c23)n1. The van der Waals surface area contributed by atoms with Crippen LogP contribution in [0.4, 0.5) is 16.0 Å². The molecule has 1 aromatic carbocycles. The van der Waals surface area contributed by atoms with E-state index in [1.807, 2.05) is 36.1 Å². The van der Waals surface area contributed by atoms with E-state index in [1.165, 1.54) is 10.9 Å². The lowest BCUT2D eigenvalue weighted by Crippen LogP contribution is -2.51. The molecular weight excluding hydrogens is 519 g/mol. The number of anilines is 2. The van der Waals surface area contributed by atoms with E-state index in [-0.39, 0.29) is 18.5 Å². The molecule has 5 aromatic rings. The van der Waals surface area contributed by atoms with Crippen LogP contribution in [0.15, 0.2) is 55.1 Å². The molecule has 13 heteroatoms. The molecule has 0 spiro atoms. The third kappa shape index (κ3) is 4.10. The molecule has 4 aromatic heterocycles. The predicted octanol–water partition coefficient (Wildman–Crippen LogP) is 1.91. The summed E-state index contributed by atoms with van der Waals surface area (Å²) in [4.78, 5) is 15.1. The van der Waals surface area contributed by atoms with Gasteiger partial charge >= 0.3 is 0 Å². The maximum Gasteiger partial charge on any atom is 0.173 e. The zero-order valence-electron chi connectivity index (χ0n) is 21.5. The Kier molecular flexibility index (Phi) is 5.80. The number of nitrogens with zero attached hydrogens (tertiary/aromatic N) is 7. The first-order chi connectivity index (χ1) is 19.4. The Bertz CT molecular complexity index is 1720. The molecule has 7 rings (SSSR count). The van der Waals surface area contributed by atoms with Crippen molar-refractivity contribution in [2.75, 3.05) is 30.3 Å². The Labute approximate surface area is 227 Å². The number of aliphatic hydroxyl groups excluding tert-OH is 2. The Balaban J connectivity index is 1.12. The number of aromatic nitrogens is 6. The van der Waals surface area contributed by atoms with Crippen molar-refractivity contribution >= 4 is 33.6 Å². The zero-order valence-corrected chi connectivity index (χ0v) is 21.5. The van der Waals surface area contributed by atoms with Crippen LogP contribution in [0, 0.1) is 6.92 Å². The van der Waals surface area contributed by atoms with Crippen LogP contribution in [0.25, 0.3) is 27.6 Å². The Hall–Kier alpha value is -4.33. The standard InChI is InChI=1S/C27H27FN8O4/c1-14-6-7-36(33-14)19-11-35(26-22(19)25(29)30-13-31-26)27-23(28)24(38)20(40-27)12-39-17-4-2-15-3-5-21(32-18(15)8-17)34-9-16(37)10-34/h2-8,11,13,16,20,23-24,27,37-38H,9-10,12H2,1H3,(H2,29,30,31)/t20-,23+,24-,27-/m1/s1. The first-order valence-electron chi connectivity index (χ1n) is 12.9. The van der Waals surface area contributed by atoms with E-state index in [4.69, 9.17) is 15.2 Å². The number of rotatable bonds is 6. The monoisotopic (exact) mass is 546 g/mol. The number of alkyl halides is 1. The van der Waals surface area contributed by atoms with Crippen molar-refractivity contribution in [3.05, 3.63) is 60.8 Å². The number of fused-ring (bicyclic) bond motifs is 2. The fourth-order valence-electron chi connectivity index (χ4n) is 5.24. The minimum absolute atomic E-state index is 0.0802. The summed E-state index contributed by atoms with van der Waals surface area (Å²) < 4.78 is 30.6. The average molecular weight is 547 g/mol. The zero-order chi connectivity index (χ0) is 27.5. The number of pyridine rings is 1. The van der Waals surface area contributed by atoms with Gasteiger partial charge in [-0.2, -0.15) is 5.10 Å². The number of β-amino-alcohol motifs (C(OH)–C–C–N with tert-alkyl or cyclic N) is 1. The third-order valence-corrected chi connectivity index (χ3v) is 7.41. The molecule has 2 aliphatic rings. The van der Waals surface area contributed by atoms with Crippen molar-refractivity contribution in [2.24, 2.45) is 0 Å². The summed E-state index contributed by atoms with van der Waals surface area (Å²) in [7, 11) is 0. The Morgan fingerprint density at radius 1 is 1.15 bits per heavy atom. The fourth-order valence-corrected chi connectivity index (χ4v) is 5.24. The summed E-state index contributed by atoms with van der Waals surface area (Å²) >= 11 is 0. The lowest BCUT2D eigenvalue weighted by Gasteiger charge is -2.36. The van der Waals surface area contributed by atoms with Crippen LogP contribution < -0.4 is 15.4 Å². The minimum Gasteiger partial charge on any atom is -0.491 e. The first kappa shape index (κ1) is 24.7. The normalized spacial score (nSPS) is 23.2. The Morgan fingerprint density at radius 2 is 1.98 bits per heavy atom. The van der Waals surface area contributed by atoms with Crippen LogP contribution in [0.2, 0.25) is 0 Å². The Morgan fingerprint density at radius 3 is 2.75 bits per heavy atom. The number of halogens is 1. The van der Waals surface area contributed by atoms with Crippen molar-refractivity contribution in [3.8, 4) is 11.4 Å². The molecular formula is C27H27FN8O4. The molecule has 0 unspecified atom stereocenters. The second-order valence-electron chi connectivity index (χ2n) is 10.2. The molecule has 0 bridgehead atoms. The molecule has 2 saturated heterocycles. The predicted molar refractivity (Wildman–Crippen MR) is 144 cm³/mol. The van der Waals surface area contributed by atoms with Crippen LogP contribution in [0.1, 0.15) is 11.9 Å². The number of ether oxygens (including phenoxy) is 2. The van der Waals surface area contributed by atoms with Gasteiger partial charge in [0.15, 0.2) is 12.4 Å². The van der Waals surface area contributed by atoms with Gasteiger partial charge in [-0.15, -0.1) is 0 Å². The largest absolute Gasteiger partial charge is 0.491 e. The topological polar surface area (TPSA) is 150 Å². The van der Waals surface area contributed by atoms with Crippen LogP contribution >= 0.6 is 0 Å². The first-order valence-corrected chi connectivity index (χ1v) is 12.9. The summed E-state index contributed by atoms with van der Waals surface area (Å²) in [6.45, 7) is 2.88. The van der Waals surface area contributed by atoms with Crippen LogP contribution in [0.3, 0.4) is 0 Å². The number of aliphatic hydroxyl groups is 2. The summed E-state index contributed by atoms with van der Waals surface area (Å²) in [6.07, 6.45) is -0.899. The van der Waals surface area contributed by atoms with E-state index in [0.717, 1.165) is 22.4 Å². The van der Waals surface area contributed by atoms with Crippen molar-refractivity contribution in [2.45, 2.75) is 37.6 Å². The molecule has 0 saturated carbocycles. The average Bonchev–Trinajstić information content (AvgIpc) is 3.61. The van der Waals surface area contributed by atoms with E-state index in [9.17, 15) is 10.2 Å². The van der Waals surface area contributed by atoms with Gasteiger partial charge < -0.3 is 34.9 Å². The lowest BCUT2D eigenvalue weighted by atomic mass is 10.1. The van der Waals surface area contributed by atoms with Gasteiger partial charge in [0.2, 0.25) is 0 Å². The van der Waals surface area contributed by atoms with Crippen LogP contribution in [-0.2, 0) is 4.74 Å². The molecule has 2 aliphatic heterocycles. The van der Waals surface area contributed by atoms with Crippen molar-refractivity contribution < 1.29 is 24.1 Å². The number of aryl methyl sites for hydroxylation is 1. The molecule has 6 heterocycles. The fraction of sp³-hybridized carbons (Fsp3) is 0.333. The number of nitrogen functional groups attached to an aromatic ring is 1. The van der Waals surface area contributed by atoms with E-state index in [2.05, 4.69) is 20.1 Å². The molecule has 4 N–H and O–H groups in total. The third-order valence-electron chi connectivity index (χ3n) is 7.41. The summed E-state index contributed by atoms with van der Waals surface area (Å²) in [5.41, 5.74) is 8.62. The molecule has 12 nitrogen and oxygen atoms in total. The van der Waals surface area contributed by atoms with Crippen LogP contribution in [-0.4, -0.2) is 83.7 Å². The molecule has 0 radical (unpaired) electrons. The van der Waals surface area contributed by atoms with Gasteiger partial charge in [-0.05, 0) is 37.3 Å². The second-order valence-corrected chi connectivity index (χ2v) is 10.2. The van der Waals surface area contributed by atoms with Gasteiger partial charge in [-0.1, -0.05) is 0 Å². The molecule has 40 heavy (non-hydrogen) atoms. The number of benzene rings is 1. The number of hydrogen-bond acceptors (Lipinski definition) is 10. The van der Waals surface area contributed by atoms with E-state index >= 15 is 4.39 Å². The number of hydrogen-bond donors (Lipinski definition) is 3. The highest BCUT2D eigenvalue weighted by Gasteiger charge is 2.46. The van der Waals surface area contributed by atoms with Crippen molar-refractivity contribution in [1.82, 2.24) is 29.3 Å². The van der Waals surface area contributed by atoms with Crippen LogP contribution in [0.5, 0.6) is 5.75 Å². The van der Waals surface area contributed by atoms with Gasteiger partial charge in [-0.3, -0.25) is 0 Å². The van der Waals surface area contributed by atoms with Crippen molar-refractivity contribution in [1.29, 1.82) is 0 Å². The minimum atomic E-state index is -1.75. The second kappa shape index (κ2) is 9.40. The molecule has 4 atom stereocenters. The summed E-state index contributed by atoms with van der Waals surface area (Å²) in [6, 6.07) is 11.2. The van der Waals surface area contributed by atoms with Gasteiger partial charge in [0.25, 0.3) is 0 Å². The smallest absolute Gasteiger partial charge is 0.173 e. The van der Waals surface area contributed by atoms with Crippen molar-refractivity contribution in [3.63, 3.8) is 0 Å². The van der Waals surface area contributed by atoms with E-state index in [1.54, 1.807) is 29.2 Å². The molecule has 2 fully saturated rings. The van der Waals surface area contributed by atoms with E-state index in [0.29, 0.717) is 35.6 Å². The maximum atomic E-state index is 15.5. The highest BCUT2D eigenvalue weighted by Crippen LogP contribution is 2.37. The highest BCUT2D eigenvalue weighted by molar-refractivity contribution is 5.94. The maximum absolute atomic E-state index is 15.5.